The number of nitrogens with zero attached hydrogens (tertiary/aromatic N) is 1. The van der Waals surface area contributed by atoms with Crippen molar-refractivity contribution < 1.29 is 4.79 Å². The number of likely N-dealkylation sites (tertiary alicyclic amines) is 1. The van der Waals surface area contributed by atoms with Gasteiger partial charge in [-0.05, 0) is 19.8 Å². The van der Waals surface area contributed by atoms with Gasteiger partial charge in [0, 0.05) is 18.6 Å². The smallest absolute Gasteiger partial charge is 0.209 e. The van der Waals surface area contributed by atoms with Crippen LogP contribution in [-0.4, -0.2) is 29.9 Å². The van der Waals surface area contributed by atoms with Crippen molar-refractivity contribution in [2.75, 3.05) is 13.1 Å². The zero-order valence-corrected chi connectivity index (χ0v) is 7.56. The Balaban J connectivity index is 0.000001000. The summed E-state index contributed by atoms with van der Waals surface area (Å²) in [5.74, 6) is 0. The molecule has 66 valence electrons. The molecule has 0 aromatic heterocycles. The highest BCUT2D eigenvalue weighted by molar-refractivity contribution is 5.85. The number of carbonyl (C=O) groups is 1. The topological polar surface area (TPSA) is 46.3 Å². The highest BCUT2D eigenvalue weighted by Crippen LogP contribution is 2.15. The Morgan fingerprint density at radius 2 is 2.27 bits per heavy atom. The summed E-state index contributed by atoms with van der Waals surface area (Å²) in [6.07, 6.45) is 2.94. The van der Waals surface area contributed by atoms with Crippen molar-refractivity contribution in [2.45, 2.75) is 25.3 Å². The minimum Gasteiger partial charge on any atom is -0.343 e. The third-order valence-electron chi connectivity index (χ3n) is 1.91. The van der Waals surface area contributed by atoms with E-state index in [2.05, 4.69) is 0 Å². The van der Waals surface area contributed by atoms with Gasteiger partial charge in [0.25, 0.3) is 0 Å². The van der Waals surface area contributed by atoms with E-state index in [9.17, 15) is 4.79 Å². The van der Waals surface area contributed by atoms with Crippen molar-refractivity contribution in [1.82, 2.24) is 4.90 Å². The number of hydrogen-bond acceptors (Lipinski definition) is 2. The van der Waals surface area contributed by atoms with Crippen molar-refractivity contribution in [3.05, 3.63) is 0 Å². The number of piperidine rings is 1. The molecular formula is C7H15ClN2O. The highest BCUT2D eigenvalue weighted by atomic mass is 35.5. The van der Waals surface area contributed by atoms with Crippen LogP contribution < -0.4 is 5.73 Å². The molecule has 3 nitrogen and oxygen atoms in total. The summed E-state index contributed by atoms with van der Waals surface area (Å²) in [7, 11) is 0. The SMILES string of the molecule is CC1(N)CCCN(C=O)C1.Cl. The fourth-order valence-corrected chi connectivity index (χ4v) is 1.40. The molecule has 11 heavy (non-hydrogen) atoms. The molecule has 0 aromatic rings. The van der Waals surface area contributed by atoms with Crippen LogP contribution in [0, 0.1) is 0 Å². The molecule has 1 aliphatic rings. The van der Waals surface area contributed by atoms with Gasteiger partial charge < -0.3 is 10.6 Å². The van der Waals surface area contributed by atoms with E-state index in [0.717, 1.165) is 25.8 Å². The van der Waals surface area contributed by atoms with E-state index in [1.54, 1.807) is 4.90 Å². The lowest BCUT2D eigenvalue weighted by atomic mass is 9.93. The third-order valence-corrected chi connectivity index (χ3v) is 1.91. The zero-order valence-electron chi connectivity index (χ0n) is 6.75. The zero-order chi connectivity index (χ0) is 7.61. The van der Waals surface area contributed by atoms with Crippen LogP contribution in [0.2, 0.25) is 0 Å². The summed E-state index contributed by atoms with van der Waals surface area (Å²) in [5, 5.41) is 0. The van der Waals surface area contributed by atoms with E-state index < -0.39 is 0 Å². The molecule has 1 saturated heterocycles. The summed E-state index contributed by atoms with van der Waals surface area (Å²) in [5.41, 5.74) is 5.69. The Bertz CT molecular complexity index is 138. The lowest BCUT2D eigenvalue weighted by Crippen LogP contribution is -2.51. The van der Waals surface area contributed by atoms with Gasteiger partial charge in [-0.15, -0.1) is 12.4 Å². The molecule has 0 aromatic carbocycles. The predicted octanol–water partition coefficient (Wildman–Crippen LogP) is 0.378. The summed E-state index contributed by atoms with van der Waals surface area (Å²) in [6, 6.07) is 0. The quantitative estimate of drug-likeness (QED) is 0.591. The van der Waals surface area contributed by atoms with Gasteiger partial charge in [-0.3, -0.25) is 4.79 Å². The molecule has 1 heterocycles. The number of rotatable bonds is 1. The maximum atomic E-state index is 10.3. The van der Waals surface area contributed by atoms with Gasteiger partial charge in [-0.1, -0.05) is 0 Å². The molecule has 1 unspecified atom stereocenters. The molecule has 0 spiro atoms. The first-order chi connectivity index (χ1) is 4.64. The Morgan fingerprint density at radius 1 is 1.64 bits per heavy atom. The number of nitrogens with two attached hydrogens (primary N) is 1. The molecule has 4 heteroatoms. The van der Waals surface area contributed by atoms with Gasteiger partial charge in [-0.2, -0.15) is 0 Å². The summed E-state index contributed by atoms with van der Waals surface area (Å²) in [4.78, 5) is 12.1. The average Bonchev–Trinajstić information content (AvgIpc) is 1.86. The first-order valence-corrected chi connectivity index (χ1v) is 3.62. The number of amides is 1. The lowest BCUT2D eigenvalue weighted by molar-refractivity contribution is -0.119. The maximum Gasteiger partial charge on any atom is 0.209 e. The van der Waals surface area contributed by atoms with E-state index in [-0.39, 0.29) is 17.9 Å². The van der Waals surface area contributed by atoms with E-state index >= 15 is 0 Å². The van der Waals surface area contributed by atoms with Gasteiger partial charge in [-0.25, -0.2) is 0 Å². The Labute approximate surface area is 73.3 Å². The standard InChI is InChI=1S/C7H14N2O.ClH/c1-7(8)3-2-4-9(5-7)6-10;/h6H,2-5,8H2,1H3;1H. The fraction of sp³-hybridized carbons (Fsp3) is 0.857. The first kappa shape index (κ1) is 10.7. The van der Waals surface area contributed by atoms with E-state index in [4.69, 9.17) is 5.73 Å². The Morgan fingerprint density at radius 3 is 2.64 bits per heavy atom. The normalized spacial score (nSPS) is 30.9. The molecule has 1 atom stereocenters. The van der Waals surface area contributed by atoms with Gasteiger partial charge in [0.1, 0.15) is 0 Å². The van der Waals surface area contributed by atoms with Gasteiger partial charge in [0.05, 0.1) is 0 Å². The van der Waals surface area contributed by atoms with Crippen molar-refractivity contribution in [3.8, 4) is 0 Å². The molecule has 0 saturated carbocycles. The van der Waals surface area contributed by atoms with Crippen LogP contribution in [0.25, 0.3) is 0 Å². The number of carbonyl (C=O) groups excluding carboxylic acids is 1. The van der Waals surface area contributed by atoms with Crippen LogP contribution in [0.1, 0.15) is 19.8 Å². The van der Waals surface area contributed by atoms with Crippen LogP contribution in [0.15, 0.2) is 0 Å². The van der Waals surface area contributed by atoms with Crippen LogP contribution >= 0.6 is 12.4 Å². The first-order valence-electron chi connectivity index (χ1n) is 3.62. The molecular weight excluding hydrogens is 164 g/mol. The minimum absolute atomic E-state index is 0. The second-order valence-electron chi connectivity index (χ2n) is 3.33. The predicted molar refractivity (Wildman–Crippen MR) is 46.7 cm³/mol. The van der Waals surface area contributed by atoms with Gasteiger partial charge in [0.15, 0.2) is 0 Å². The maximum absolute atomic E-state index is 10.3. The molecule has 1 rings (SSSR count). The fourth-order valence-electron chi connectivity index (χ4n) is 1.40. The van der Waals surface area contributed by atoms with Crippen molar-refractivity contribution in [1.29, 1.82) is 0 Å². The van der Waals surface area contributed by atoms with Crippen molar-refractivity contribution in [2.24, 2.45) is 5.73 Å². The van der Waals surface area contributed by atoms with Crippen molar-refractivity contribution in [3.63, 3.8) is 0 Å². The second-order valence-corrected chi connectivity index (χ2v) is 3.33. The summed E-state index contributed by atoms with van der Waals surface area (Å²) in [6.45, 7) is 3.56. The van der Waals surface area contributed by atoms with Crippen LogP contribution in [-0.2, 0) is 4.79 Å². The third kappa shape index (κ3) is 3.08. The lowest BCUT2D eigenvalue weighted by Gasteiger charge is -2.35. The minimum atomic E-state index is -0.154. The Kier molecular flexibility index (Phi) is 3.83. The highest BCUT2D eigenvalue weighted by Gasteiger charge is 2.25. The number of halogens is 1. The van der Waals surface area contributed by atoms with E-state index in [0.29, 0.717) is 6.54 Å². The molecule has 0 radical (unpaired) electrons. The monoisotopic (exact) mass is 178 g/mol. The molecule has 0 aliphatic carbocycles. The molecule has 1 fully saturated rings. The molecule has 0 bridgehead atoms. The van der Waals surface area contributed by atoms with Gasteiger partial charge >= 0.3 is 0 Å². The molecule has 1 aliphatic heterocycles. The van der Waals surface area contributed by atoms with Crippen molar-refractivity contribution >= 4 is 18.8 Å². The Hall–Kier alpha value is -0.280. The molecule has 2 N–H and O–H groups in total. The van der Waals surface area contributed by atoms with E-state index in [1.165, 1.54) is 0 Å². The van der Waals surface area contributed by atoms with Crippen LogP contribution in [0.5, 0.6) is 0 Å². The second kappa shape index (κ2) is 3.93. The molecule has 1 amide bonds. The van der Waals surface area contributed by atoms with Crippen LogP contribution in [0.3, 0.4) is 0 Å². The van der Waals surface area contributed by atoms with E-state index in [1.807, 2.05) is 6.92 Å². The number of hydrogen-bond donors (Lipinski definition) is 1. The summed E-state index contributed by atoms with van der Waals surface area (Å²) >= 11 is 0. The van der Waals surface area contributed by atoms with Gasteiger partial charge in [0.2, 0.25) is 6.41 Å². The van der Waals surface area contributed by atoms with Crippen LogP contribution in [0.4, 0.5) is 0 Å². The largest absolute Gasteiger partial charge is 0.343 e. The average molecular weight is 179 g/mol. The summed E-state index contributed by atoms with van der Waals surface area (Å²) < 4.78 is 0.